The van der Waals surface area contributed by atoms with E-state index in [-0.39, 0.29) is 11.2 Å². The van der Waals surface area contributed by atoms with Crippen molar-refractivity contribution in [2.45, 2.75) is 26.2 Å². The van der Waals surface area contributed by atoms with Crippen molar-refractivity contribution in [1.29, 1.82) is 0 Å². The molecular weight excluding hydrogens is 276 g/mol. The summed E-state index contributed by atoms with van der Waals surface area (Å²) in [7, 11) is 0. The second kappa shape index (κ2) is 5.26. The molecule has 1 aromatic carbocycles. The van der Waals surface area contributed by atoms with E-state index >= 15 is 0 Å². The standard InChI is InChI=1S/C17H18N4O/c1-17(2,3)13-5-4-11(8-15(13)22)16-12(9-20-21-16)14-6-7-18-10-19-14/h4-10,22H,1-3H3,(H,20,21). The normalized spacial score (nSPS) is 11.6. The lowest BCUT2D eigenvalue weighted by atomic mass is 9.85. The van der Waals surface area contributed by atoms with Crippen LogP contribution in [0.5, 0.6) is 5.75 Å². The Balaban J connectivity index is 2.07. The van der Waals surface area contributed by atoms with Gasteiger partial charge in [-0.25, -0.2) is 9.97 Å². The molecule has 2 heterocycles. The first-order valence-electron chi connectivity index (χ1n) is 7.10. The molecule has 2 N–H and O–H groups in total. The fraction of sp³-hybridized carbons (Fsp3) is 0.235. The van der Waals surface area contributed by atoms with E-state index in [1.165, 1.54) is 6.33 Å². The van der Waals surface area contributed by atoms with E-state index in [0.717, 1.165) is 28.1 Å². The maximum absolute atomic E-state index is 10.3. The Morgan fingerprint density at radius 2 is 1.95 bits per heavy atom. The lowest BCUT2D eigenvalue weighted by Gasteiger charge is -2.20. The SMILES string of the molecule is CC(C)(C)c1ccc(-c2[nH]ncc2-c2ccncn2)cc1O. The van der Waals surface area contributed by atoms with E-state index in [1.54, 1.807) is 18.5 Å². The minimum atomic E-state index is -0.105. The molecule has 0 aliphatic heterocycles. The number of hydrogen-bond acceptors (Lipinski definition) is 4. The highest BCUT2D eigenvalue weighted by atomic mass is 16.3. The van der Waals surface area contributed by atoms with Gasteiger partial charge in [-0.1, -0.05) is 32.9 Å². The second-order valence-electron chi connectivity index (χ2n) is 6.24. The number of phenols is 1. The first-order valence-corrected chi connectivity index (χ1v) is 7.10. The Hall–Kier alpha value is -2.69. The van der Waals surface area contributed by atoms with Gasteiger partial charge in [0.25, 0.3) is 0 Å². The van der Waals surface area contributed by atoms with Crippen LogP contribution in [0.4, 0.5) is 0 Å². The summed E-state index contributed by atoms with van der Waals surface area (Å²) in [6.07, 6.45) is 4.93. The number of H-pyrrole nitrogens is 1. The minimum Gasteiger partial charge on any atom is -0.508 e. The smallest absolute Gasteiger partial charge is 0.119 e. The average Bonchev–Trinajstić information content (AvgIpc) is 2.96. The number of aromatic hydroxyl groups is 1. The fourth-order valence-corrected chi connectivity index (χ4v) is 2.47. The predicted molar refractivity (Wildman–Crippen MR) is 85.4 cm³/mol. The predicted octanol–water partition coefficient (Wildman–Crippen LogP) is 3.54. The number of nitrogens with zero attached hydrogens (tertiary/aromatic N) is 3. The maximum atomic E-state index is 10.3. The molecule has 3 rings (SSSR count). The van der Waals surface area contributed by atoms with Crippen molar-refractivity contribution in [2.75, 3.05) is 0 Å². The number of nitrogens with one attached hydrogen (secondary N) is 1. The van der Waals surface area contributed by atoms with Crippen molar-refractivity contribution in [3.05, 3.63) is 48.5 Å². The number of rotatable bonds is 2. The Morgan fingerprint density at radius 1 is 1.14 bits per heavy atom. The van der Waals surface area contributed by atoms with Gasteiger partial charge in [-0.15, -0.1) is 0 Å². The number of aromatic amines is 1. The van der Waals surface area contributed by atoms with Crippen molar-refractivity contribution < 1.29 is 5.11 Å². The van der Waals surface area contributed by atoms with E-state index in [0.29, 0.717) is 0 Å². The summed E-state index contributed by atoms with van der Waals surface area (Å²) in [4.78, 5) is 8.18. The molecule has 2 aromatic heterocycles. The Kier molecular flexibility index (Phi) is 3.41. The highest BCUT2D eigenvalue weighted by Crippen LogP contribution is 2.36. The van der Waals surface area contributed by atoms with Crippen molar-refractivity contribution in [3.8, 4) is 28.3 Å². The fourth-order valence-electron chi connectivity index (χ4n) is 2.47. The summed E-state index contributed by atoms with van der Waals surface area (Å²) in [5.74, 6) is 0.285. The van der Waals surface area contributed by atoms with E-state index in [9.17, 15) is 5.11 Å². The van der Waals surface area contributed by atoms with Crippen molar-refractivity contribution in [2.24, 2.45) is 0 Å². The zero-order chi connectivity index (χ0) is 15.7. The van der Waals surface area contributed by atoms with Gasteiger partial charge in [-0.3, -0.25) is 5.10 Å². The number of phenolic OH excluding ortho intramolecular Hbond substituents is 1. The molecule has 0 saturated heterocycles. The highest BCUT2D eigenvalue weighted by Gasteiger charge is 2.19. The summed E-state index contributed by atoms with van der Waals surface area (Å²) < 4.78 is 0. The lowest BCUT2D eigenvalue weighted by Crippen LogP contribution is -2.11. The largest absolute Gasteiger partial charge is 0.508 e. The van der Waals surface area contributed by atoms with Gasteiger partial charge in [0.2, 0.25) is 0 Å². The molecule has 0 bridgehead atoms. The van der Waals surface area contributed by atoms with Crippen molar-refractivity contribution in [3.63, 3.8) is 0 Å². The van der Waals surface area contributed by atoms with Gasteiger partial charge in [0.1, 0.15) is 12.1 Å². The third kappa shape index (κ3) is 2.57. The molecule has 0 aliphatic carbocycles. The third-order valence-electron chi connectivity index (χ3n) is 3.59. The quantitative estimate of drug-likeness (QED) is 0.758. The number of hydrogen-bond donors (Lipinski definition) is 2. The van der Waals surface area contributed by atoms with E-state index in [1.807, 2.05) is 18.2 Å². The highest BCUT2D eigenvalue weighted by molar-refractivity contribution is 5.79. The number of aromatic nitrogens is 4. The first kappa shape index (κ1) is 14.3. The lowest BCUT2D eigenvalue weighted by molar-refractivity contribution is 0.447. The summed E-state index contributed by atoms with van der Waals surface area (Å²) in [5, 5.41) is 17.4. The average molecular weight is 294 g/mol. The molecule has 0 aliphatic rings. The zero-order valence-corrected chi connectivity index (χ0v) is 12.8. The summed E-state index contributed by atoms with van der Waals surface area (Å²) in [5.41, 5.74) is 4.18. The molecule has 5 heteroatoms. The summed E-state index contributed by atoms with van der Waals surface area (Å²) in [6, 6.07) is 7.53. The third-order valence-corrected chi connectivity index (χ3v) is 3.59. The molecule has 0 atom stereocenters. The van der Waals surface area contributed by atoms with Crippen LogP contribution in [0, 0.1) is 0 Å². The molecule has 5 nitrogen and oxygen atoms in total. The Bertz CT molecular complexity index is 788. The molecular formula is C17H18N4O. The first-order chi connectivity index (χ1) is 10.5. The number of benzene rings is 1. The zero-order valence-electron chi connectivity index (χ0n) is 12.8. The molecule has 0 saturated carbocycles. The van der Waals surface area contributed by atoms with Crippen LogP contribution in [0.3, 0.4) is 0 Å². The topological polar surface area (TPSA) is 74.7 Å². The second-order valence-corrected chi connectivity index (χ2v) is 6.24. The molecule has 0 fully saturated rings. The van der Waals surface area contributed by atoms with E-state index < -0.39 is 0 Å². The van der Waals surface area contributed by atoms with Crippen LogP contribution in [0.2, 0.25) is 0 Å². The van der Waals surface area contributed by atoms with Crippen LogP contribution in [0.25, 0.3) is 22.5 Å². The summed E-state index contributed by atoms with van der Waals surface area (Å²) >= 11 is 0. The van der Waals surface area contributed by atoms with Gasteiger partial charge >= 0.3 is 0 Å². The molecule has 0 radical (unpaired) electrons. The van der Waals surface area contributed by atoms with Crippen LogP contribution in [-0.4, -0.2) is 25.3 Å². The van der Waals surface area contributed by atoms with Gasteiger partial charge in [0, 0.05) is 17.3 Å². The van der Waals surface area contributed by atoms with Crippen molar-refractivity contribution in [1.82, 2.24) is 20.2 Å². The Morgan fingerprint density at radius 3 is 2.59 bits per heavy atom. The van der Waals surface area contributed by atoms with E-state index in [4.69, 9.17) is 0 Å². The van der Waals surface area contributed by atoms with Gasteiger partial charge in [-0.05, 0) is 23.1 Å². The molecule has 22 heavy (non-hydrogen) atoms. The van der Waals surface area contributed by atoms with Crippen LogP contribution in [-0.2, 0) is 5.41 Å². The van der Waals surface area contributed by atoms with Gasteiger partial charge in [0.05, 0.1) is 17.6 Å². The Labute approximate surface area is 129 Å². The molecule has 3 aromatic rings. The monoisotopic (exact) mass is 294 g/mol. The van der Waals surface area contributed by atoms with E-state index in [2.05, 4.69) is 40.9 Å². The van der Waals surface area contributed by atoms with Crippen LogP contribution >= 0.6 is 0 Å². The maximum Gasteiger partial charge on any atom is 0.119 e. The van der Waals surface area contributed by atoms with Crippen LogP contribution in [0.15, 0.2) is 43.0 Å². The van der Waals surface area contributed by atoms with Crippen LogP contribution in [0.1, 0.15) is 26.3 Å². The molecule has 0 spiro atoms. The van der Waals surface area contributed by atoms with Gasteiger partial charge in [-0.2, -0.15) is 5.10 Å². The summed E-state index contributed by atoms with van der Waals surface area (Å²) in [6.45, 7) is 6.22. The van der Waals surface area contributed by atoms with Crippen LogP contribution < -0.4 is 0 Å². The van der Waals surface area contributed by atoms with Gasteiger partial charge in [0.15, 0.2) is 0 Å². The minimum absolute atomic E-state index is 0.105. The molecule has 0 amide bonds. The molecule has 112 valence electrons. The van der Waals surface area contributed by atoms with Gasteiger partial charge < -0.3 is 5.11 Å². The molecule has 0 unspecified atom stereocenters. The van der Waals surface area contributed by atoms with Crippen molar-refractivity contribution >= 4 is 0 Å².